The van der Waals surface area contributed by atoms with Crippen molar-refractivity contribution in [1.82, 2.24) is 9.88 Å². The number of nitrogens with zero attached hydrogens (tertiary/aromatic N) is 2. The number of allylic oxidation sites excluding steroid dienone is 2. The molecular weight excluding hydrogens is 354 g/mol. The van der Waals surface area contributed by atoms with E-state index in [1.54, 1.807) is 0 Å². The minimum absolute atomic E-state index is 0.341. The number of aromatic nitrogens is 1. The molecule has 0 fully saturated rings. The van der Waals surface area contributed by atoms with Crippen LogP contribution in [0.2, 0.25) is 0 Å². The number of halogens is 1. The van der Waals surface area contributed by atoms with E-state index in [1.165, 1.54) is 0 Å². The zero-order valence-electron chi connectivity index (χ0n) is 14.2. The summed E-state index contributed by atoms with van der Waals surface area (Å²) in [6.07, 6.45) is 9.98. The lowest BCUT2D eigenvalue weighted by Crippen LogP contribution is -2.34. The number of ether oxygens (including phenoxy) is 1. The Morgan fingerprint density at radius 2 is 2.17 bits per heavy atom. The van der Waals surface area contributed by atoms with Crippen molar-refractivity contribution in [2.75, 3.05) is 13.6 Å². The standard InChI is InChI=1S/C18H24BrN3O/c1-5-18(10-8-7-9-11-18)23-17-15(19)12-14(13(3)21-17)16(20)22(4)6-2/h7-10,12,20H,5-6,11H2,1-4H3. The Balaban J connectivity index is 2.32. The number of hydrogen-bond donors (Lipinski definition) is 1. The van der Waals surface area contributed by atoms with E-state index >= 15 is 0 Å². The van der Waals surface area contributed by atoms with E-state index in [-0.39, 0.29) is 5.60 Å². The van der Waals surface area contributed by atoms with Crippen LogP contribution in [0.5, 0.6) is 5.88 Å². The highest BCUT2D eigenvalue weighted by Crippen LogP contribution is 2.33. The summed E-state index contributed by atoms with van der Waals surface area (Å²) in [5.74, 6) is 1.05. The van der Waals surface area contributed by atoms with Crippen LogP contribution in [0, 0.1) is 12.3 Å². The summed E-state index contributed by atoms with van der Waals surface area (Å²) in [6.45, 7) is 6.84. The van der Waals surface area contributed by atoms with Crippen molar-refractivity contribution in [3.63, 3.8) is 0 Å². The fourth-order valence-corrected chi connectivity index (χ4v) is 2.88. The van der Waals surface area contributed by atoms with Crippen LogP contribution in [0.15, 0.2) is 34.8 Å². The lowest BCUT2D eigenvalue weighted by molar-refractivity contribution is 0.110. The van der Waals surface area contributed by atoms with Gasteiger partial charge < -0.3 is 9.64 Å². The van der Waals surface area contributed by atoms with Crippen LogP contribution in [0.4, 0.5) is 0 Å². The van der Waals surface area contributed by atoms with Gasteiger partial charge in [-0.3, -0.25) is 5.41 Å². The van der Waals surface area contributed by atoms with Crippen LogP contribution in [-0.2, 0) is 0 Å². The van der Waals surface area contributed by atoms with Gasteiger partial charge in [-0.2, -0.15) is 0 Å². The average Bonchev–Trinajstić information content (AvgIpc) is 2.57. The molecular formula is C18H24BrN3O. The van der Waals surface area contributed by atoms with Gasteiger partial charge in [-0.15, -0.1) is 0 Å². The molecule has 1 heterocycles. The van der Waals surface area contributed by atoms with Crippen molar-refractivity contribution in [2.24, 2.45) is 0 Å². The van der Waals surface area contributed by atoms with Gasteiger partial charge in [-0.05, 0) is 48.3 Å². The molecule has 0 aromatic carbocycles. The average molecular weight is 378 g/mol. The van der Waals surface area contributed by atoms with E-state index in [0.29, 0.717) is 11.7 Å². The van der Waals surface area contributed by atoms with Crippen LogP contribution >= 0.6 is 15.9 Å². The molecule has 1 N–H and O–H groups in total. The normalized spacial score (nSPS) is 19.7. The number of rotatable bonds is 5. The molecule has 1 aliphatic carbocycles. The Labute approximate surface area is 146 Å². The molecule has 2 rings (SSSR count). The second-order valence-electron chi connectivity index (χ2n) is 5.78. The lowest BCUT2D eigenvalue weighted by atomic mass is 9.92. The Kier molecular flexibility index (Phi) is 5.63. The highest BCUT2D eigenvalue weighted by Gasteiger charge is 2.29. The molecule has 0 bridgehead atoms. The number of nitrogens with one attached hydrogen (secondary N) is 1. The summed E-state index contributed by atoms with van der Waals surface area (Å²) in [7, 11) is 1.91. The molecule has 1 atom stereocenters. The molecule has 0 radical (unpaired) electrons. The third kappa shape index (κ3) is 3.83. The van der Waals surface area contributed by atoms with Crippen LogP contribution in [0.3, 0.4) is 0 Å². The van der Waals surface area contributed by atoms with E-state index < -0.39 is 0 Å². The monoisotopic (exact) mass is 377 g/mol. The summed E-state index contributed by atoms with van der Waals surface area (Å²) in [6, 6.07) is 1.93. The van der Waals surface area contributed by atoms with E-state index in [9.17, 15) is 0 Å². The van der Waals surface area contributed by atoms with Crippen LogP contribution < -0.4 is 4.74 Å². The topological polar surface area (TPSA) is 49.2 Å². The zero-order valence-corrected chi connectivity index (χ0v) is 15.8. The predicted molar refractivity (Wildman–Crippen MR) is 98.4 cm³/mol. The first-order chi connectivity index (χ1) is 10.9. The van der Waals surface area contributed by atoms with Gasteiger partial charge in [0.25, 0.3) is 0 Å². The Bertz CT molecular complexity index is 654. The molecule has 0 saturated heterocycles. The summed E-state index contributed by atoms with van der Waals surface area (Å²) < 4.78 is 7.03. The number of pyridine rings is 1. The van der Waals surface area contributed by atoms with Crippen molar-refractivity contribution in [3.8, 4) is 5.88 Å². The SMILES string of the molecule is CCN(C)C(=N)c1cc(Br)c(OC2(CC)C=CC=CC2)nc1C. The maximum absolute atomic E-state index is 8.28. The Morgan fingerprint density at radius 3 is 2.74 bits per heavy atom. The van der Waals surface area contributed by atoms with Gasteiger partial charge in [0, 0.05) is 25.6 Å². The molecule has 1 aliphatic rings. The maximum atomic E-state index is 8.28. The first-order valence-electron chi connectivity index (χ1n) is 7.93. The minimum Gasteiger partial charge on any atom is -0.466 e. The second kappa shape index (κ2) is 7.30. The predicted octanol–water partition coefficient (Wildman–Crippen LogP) is 4.47. The quantitative estimate of drug-likeness (QED) is 0.607. The third-order valence-electron chi connectivity index (χ3n) is 4.25. The van der Waals surface area contributed by atoms with Crippen LogP contribution in [0.1, 0.15) is 37.9 Å². The fraction of sp³-hybridized carbons (Fsp3) is 0.444. The molecule has 4 nitrogen and oxygen atoms in total. The van der Waals surface area contributed by atoms with E-state index in [4.69, 9.17) is 10.1 Å². The molecule has 0 saturated carbocycles. The fourth-order valence-electron chi connectivity index (χ4n) is 2.48. The lowest BCUT2D eigenvalue weighted by Gasteiger charge is -2.31. The highest BCUT2D eigenvalue weighted by molar-refractivity contribution is 9.10. The molecule has 0 amide bonds. The van der Waals surface area contributed by atoms with Crippen molar-refractivity contribution in [3.05, 3.63) is 46.1 Å². The summed E-state index contributed by atoms with van der Waals surface area (Å²) in [5.41, 5.74) is 1.28. The van der Waals surface area contributed by atoms with E-state index in [1.807, 2.05) is 44.0 Å². The number of hydrogen-bond acceptors (Lipinski definition) is 3. The van der Waals surface area contributed by atoms with Crippen molar-refractivity contribution >= 4 is 21.8 Å². The molecule has 23 heavy (non-hydrogen) atoms. The third-order valence-corrected chi connectivity index (χ3v) is 4.82. The van der Waals surface area contributed by atoms with Crippen molar-refractivity contribution in [2.45, 2.75) is 39.2 Å². The van der Waals surface area contributed by atoms with Crippen LogP contribution in [0.25, 0.3) is 0 Å². The summed E-state index contributed by atoms with van der Waals surface area (Å²) >= 11 is 3.56. The van der Waals surface area contributed by atoms with Crippen LogP contribution in [-0.4, -0.2) is 34.9 Å². The van der Waals surface area contributed by atoms with E-state index in [2.05, 4.69) is 40.0 Å². The van der Waals surface area contributed by atoms with Gasteiger partial charge in [-0.25, -0.2) is 4.98 Å². The largest absolute Gasteiger partial charge is 0.466 e. The summed E-state index contributed by atoms with van der Waals surface area (Å²) in [5, 5.41) is 8.28. The zero-order chi connectivity index (χ0) is 17.0. The molecule has 124 valence electrons. The van der Waals surface area contributed by atoms with Crippen molar-refractivity contribution in [1.29, 1.82) is 5.41 Å². The molecule has 1 unspecified atom stereocenters. The van der Waals surface area contributed by atoms with Gasteiger partial charge in [-0.1, -0.05) is 25.2 Å². The minimum atomic E-state index is -0.341. The molecule has 0 spiro atoms. The van der Waals surface area contributed by atoms with Gasteiger partial charge >= 0.3 is 0 Å². The van der Waals surface area contributed by atoms with Crippen molar-refractivity contribution < 1.29 is 4.74 Å². The Hall–Kier alpha value is -1.62. The highest BCUT2D eigenvalue weighted by atomic mass is 79.9. The van der Waals surface area contributed by atoms with E-state index in [0.717, 1.165) is 35.1 Å². The smallest absolute Gasteiger partial charge is 0.229 e. The van der Waals surface area contributed by atoms with Gasteiger partial charge in [0.05, 0.1) is 10.2 Å². The first kappa shape index (κ1) is 17.7. The molecule has 5 heteroatoms. The first-order valence-corrected chi connectivity index (χ1v) is 8.72. The molecule has 1 aromatic rings. The van der Waals surface area contributed by atoms with Gasteiger partial charge in [0.15, 0.2) is 0 Å². The second-order valence-corrected chi connectivity index (χ2v) is 6.64. The maximum Gasteiger partial charge on any atom is 0.229 e. The van der Waals surface area contributed by atoms with Gasteiger partial charge in [0.1, 0.15) is 11.4 Å². The van der Waals surface area contributed by atoms with Gasteiger partial charge in [0.2, 0.25) is 5.88 Å². The molecule has 1 aromatic heterocycles. The molecule has 0 aliphatic heterocycles. The number of amidine groups is 1. The Morgan fingerprint density at radius 1 is 1.43 bits per heavy atom. The summed E-state index contributed by atoms with van der Waals surface area (Å²) in [4.78, 5) is 6.49. The number of aryl methyl sites for hydroxylation is 1.